The van der Waals surface area contributed by atoms with Crippen LogP contribution in [0.15, 0.2) is 30.6 Å². The molecule has 0 aromatic carbocycles. The Balaban J connectivity index is 0.000000423. The number of carbonyl (C=O) groups excluding carboxylic acids is 1. The number of nitrogens with zero attached hydrogens (tertiary/aromatic N) is 3. The summed E-state index contributed by atoms with van der Waals surface area (Å²) in [5.74, 6) is -2.82. The third kappa shape index (κ3) is 7.98. The van der Waals surface area contributed by atoms with E-state index in [1.54, 1.807) is 13.3 Å². The van der Waals surface area contributed by atoms with Crippen molar-refractivity contribution >= 4 is 11.9 Å². The maximum atomic E-state index is 12.1. The van der Waals surface area contributed by atoms with Gasteiger partial charge in [-0.05, 0) is 24.1 Å². The average Bonchev–Trinajstić information content (AvgIpc) is 3.15. The Morgan fingerprint density at radius 2 is 2.13 bits per heavy atom. The van der Waals surface area contributed by atoms with Crippen LogP contribution in [0.2, 0.25) is 0 Å². The number of amides is 1. The standard InChI is InChI=1S/C17H22N4O3.C2HF3O2/c1-23-9-7-21-12-13-5-8-24-15(17(13)20-21)11-19-16(22)10-14-4-2-3-6-18-14;3-2(4,5)1(6)7/h2-4,6,12,15H,5,7-11H2,1H3,(H,19,22);(H,6,7). The minimum atomic E-state index is -5.08. The van der Waals surface area contributed by atoms with Crippen LogP contribution in [0.5, 0.6) is 0 Å². The van der Waals surface area contributed by atoms with Crippen LogP contribution in [-0.2, 0) is 38.4 Å². The molecule has 3 rings (SSSR count). The Bertz CT molecular complexity index is 858. The van der Waals surface area contributed by atoms with E-state index in [-0.39, 0.29) is 18.4 Å². The van der Waals surface area contributed by atoms with Gasteiger partial charge in [-0.25, -0.2) is 4.79 Å². The van der Waals surface area contributed by atoms with E-state index in [1.807, 2.05) is 29.1 Å². The van der Waals surface area contributed by atoms with Crippen molar-refractivity contribution in [2.24, 2.45) is 0 Å². The number of hydrogen-bond acceptors (Lipinski definition) is 6. The number of carboxylic acid groups (broad SMARTS) is 1. The summed E-state index contributed by atoms with van der Waals surface area (Å²) in [4.78, 5) is 25.1. The number of pyridine rings is 1. The van der Waals surface area contributed by atoms with Crippen LogP contribution in [0.3, 0.4) is 0 Å². The predicted octanol–water partition coefficient (Wildman–Crippen LogP) is 1.53. The minimum Gasteiger partial charge on any atom is -0.475 e. The first-order valence-electron chi connectivity index (χ1n) is 9.34. The van der Waals surface area contributed by atoms with Crippen LogP contribution < -0.4 is 5.32 Å². The molecule has 0 saturated heterocycles. The first-order valence-corrected chi connectivity index (χ1v) is 9.34. The highest BCUT2D eigenvalue weighted by atomic mass is 19.4. The van der Waals surface area contributed by atoms with Crippen LogP contribution in [0.4, 0.5) is 13.2 Å². The second-order valence-corrected chi connectivity index (χ2v) is 6.51. The summed E-state index contributed by atoms with van der Waals surface area (Å²) >= 11 is 0. The van der Waals surface area contributed by atoms with E-state index in [2.05, 4.69) is 15.4 Å². The number of ether oxygens (including phenoxy) is 2. The number of fused-ring (bicyclic) bond motifs is 1. The van der Waals surface area contributed by atoms with E-state index in [0.29, 0.717) is 26.3 Å². The van der Waals surface area contributed by atoms with E-state index < -0.39 is 12.1 Å². The molecule has 0 fully saturated rings. The second-order valence-electron chi connectivity index (χ2n) is 6.51. The summed E-state index contributed by atoms with van der Waals surface area (Å²) in [7, 11) is 1.67. The Kier molecular flexibility index (Phi) is 8.94. The van der Waals surface area contributed by atoms with E-state index in [4.69, 9.17) is 19.4 Å². The van der Waals surface area contributed by atoms with Crippen molar-refractivity contribution in [3.05, 3.63) is 47.5 Å². The fourth-order valence-electron chi connectivity index (χ4n) is 2.72. The summed E-state index contributed by atoms with van der Waals surface area (Å²) in [6.07, 6.45) is -0.445. The van der Waals surface area contributed by atoms with E-state index in [1.165, 1.54) is 5.56 Å². The highest BCUT2D eigenvalue weighted by molar-refractivity contribution is 5.78. The summed E-state index contributed by atoms with van der Waals surface area (Å²) in [5, 5.41) is 14.6. The molecule has 0 aliphatic carbocycles. The van der Waals surface area contributed by atoms with Gasteiger partial charge in [0.05, 0.1) is 31.9 Å². The smallest absolute Gasteiger partial charge is 0.475 e. The molecule has 0 saturated carbocycles. The molecular formula is C19H23F3N4O5. The Hall–Kier alpha value is -2.99. The third-order valence-electron chi connectivity index (χ3n) is 4.18. The molecule has 1 amide bonds. The molecule has 12 heteroatoms. The van der Waals surface area contributed by atoms with Crippen LogP contribution in [0.1, 0.15) is 23.1 Å². The molecule has 1 aliphatic heterocycles. The lowest BCUT2D eigenvalue weighted by Gasteiger charge is -2.22. The number of aliphatic carboxylic acids is 1. The number of halogens is 3. The van der Waals surface area contributed by atoms with Crippen molar-refractivity contribution in [1.82, 2.24) is 20.1 Å². The number of aromatic nitrogens is 3. The van der Waals surface area contributed by atoms with Crippen molar-refractivity contribution in [2.45, 2.75) is 31.7 Å². The molecule has 0 radical (unpaired) electrons. The molecule has 9 nitrogen and oxygen atoms in total. The van der Waals surface area contributed by atoms with Crippen LogP contribution in [-0.4, -0.2) is 64.8 Å². The van der Waals surface area contributed by atoms with Crippen molar-refractivity contribution in [3.63, 3.8) is 0 Å². The fraction of sp³-hybridized carbons (Fsp3) is 0.474. The lowest BCUT2D eigenvalue weighted by molar-refractivity contribution is -0.192. The number of alkyl halides is 3. The molecule has 1 unspecified atom stereocenters. The predicted molar refractivity (Wildman–Crippen MR) is 101 cm³/mol. The number of carboxylic acids is 1. The molecule has 1 atom stereocenters. The molecule has 0 spiro atoms. The Morgan fingerprint density at radius 1 is 1.39 bits per heavy atom. The topological polar surface area (TPSA) is 116 Å². The van der Waals surface area contributed by atoms with Gasteiger partial charge in [-0.15, -0.1) is 0 Å². The number of hydrogen-bond donors (Lipinski definition) is 2. The highest BCUT2D eigenvalue weighted by Gasteiger charge is 2.38. The van der Waals surface area contributed by atoms with Gasteiger partial charge in [-0.3, -0.25) is 14.5 Å². The van der Waals surface area contributed by atoms with Crippen molar-refractivity contribution < 1.29 is 37.3 Å². The van der Waals surface area contributed by atoms with Gasteiger partial charge < -0.3 is 19.9 Å². The van der Waals surface area contributed by atoms with Gasteiger partial charge in [0.1, 0.15) is 6.10 Å². The van der Waals surface area contributed by atoms with Crippen LogP contribution in [0.25, 0.3) is 0 Å². The lowest BCUT2D eigenvalue weighted by Crippen LogP contribution is -2.33. The quantitative estimate of drug-likeness (QED) is 0.666. The Morgan fingerprint density at radius 3 is 2.74 bits per heavy atom. The van der Waals surface area contributed by atoms with Gasteiger partial charge in [-0.1, -0.05) is 6.07 Å². The normalized spacial score (nSPS) is 15.4. The van der Waals surface area contributed by atoms with Gasteiger partial charge >= 0.3 is 12.1 Å². The van der Waals surface area contributed by atoms with Gasteiger partial charge in [0.15, 0.2) is 0 Å². The van der Waals surface area contributed by atoms with Gasteiger partial charge in [0, 0.05) is 31.7 Å². The second kappa shape index (κ2) is 11.4. The molecule has 3 heterocycles. The average molecular weight is 444 g/mol. The monoisotopic (exact) mass is 444 g/mol. The maximum Gasteiger partial charge on any atom is 0.490 e. The zero-order valence-electron chi connectivity index (χ0n) is 16.8. The molecule has 2 aromatic heterocycles. The number of carbonyl (C=O) groups is 2. The molecule has 170 valence electrons. The molecule has 2 N–H and O–H groups in total. The molecule has 31 heavy (non-hydrogen) atoms. The zero-order valence-corrected chi connectivity index (χ0v) is 16.8. The summed E-state index contributed by atoms with van der Waals surface area (Å²) < 4.78 is 44.5. The summed E-state index contributed by atoms with van der Waals surface area (Å²) in [6, 6.07) is 5.55. The third-order valence-corrected chi connectivity index (χ3v) is 4.18. The summed E-state index contributed by atoms with van der Waals surface area (Å²) in [5.41, 5.74) is 2.85. The number of methoxy groups -OCH3 is 1. The Labute approximate surface area is 176 Å². The number of nitrogens with one attached hydrogen (secondary N) is 1. The first kappa shape index (κ1) is 24.3. The molecule has 2 aromatic rings. The molecule has 1 aliphatic rings. The SMILES string of the molecule is COCCn1cc2c(n1)C(CNC(=O)Cc1ccccn1)OCC2.O=C(O)C(F)(F)F. The summed E-state index contributed by atoms with van der Waals surface area (Å²) in [6.45, 7) is 2.39. The minimum absolute atomic E-state index is 0.0664. The van der Waals surface area contributed by atoms with Gasteiger partial charge in [0.2, 0.25) is 5.91 Å². The number of rotatable bonds is 7. The van der Waals surface area contributed by atoms with Gasteiger partial charge in [-0.2, -0.15) is 18.3 Å². The van der Waals surface area contributed by atoms with Gasteiger partial charge in [0.25, 0.3) is 0 Å². The molecular weight excluding hydrogens is 421 g/mol. The first-order chi connectivity index (χ1) is 14.7. The van der Waals surface area contributed by atoms with Crippen LogP contribution >= 0.6 is 0 Å². The lowest BCUT2D eigenvalue weighted by atomic mass is 10.1. The zero-order chi connectivity index (χ0) is 22.9. The fourth-order valence-corrected chi connectivity index (χ4v) is 2.72. The van der Waals surface area contributed by atoms with Crippen molar-refractivity contribution in [2.75, 3.05) is 26.9 Å². The maximum absolute atomic E-state index is 12.1. The van der Waals surface area contributed by atoms with Crippen molar-refractivity contribution in [3.8, 4) is 0 Å². The van der Waals surface area contributed by atoms with E-state index in [0.717, 1.165) is 17.8 Å². The highest BCUT2D eigenvalue weighted by Crippen LogP contribution is 2.25. The van der Waals surface area contributed by atoms with Crippen molar-refractivity contribution in [1.29, 1.82) is 0 Å². The molecule has 0 bridgehead atoms. The largest absolute Gasteiger partial charge is 0.490 e. The van der Waals surface area contributed by atoms with E-state index >= 15 is 0 Å². The van der Waals surface area contributed by atoms with Crippen LogP contribution in [0, 0.1) is 0 Å². The van der Waals surface area contributed by atoms with E-state index in [9.17, 15) is 18.0 Å².